The van der Waals surface area contributed by atoms with E-state index in [2.05, 4.69) is 79.7 Å². The molecule has 0 aliphatic heterocycles. The second-order valence-electron chi connectivity index (χ2n) is 20.3. The molecule has 0 aromatic heterocycles. The third-order valence-electron chi connectivity index (χ3n) is 17.2. The third-order valence-corrected chi connectivity index (χ3v) is 17.2. The highest BCUT2D eigenvalue weighted by Gasteiger charge is 2.71. The van der Waals surface area contributed by atoms with Crippen molar-refractivity contribution in [2.45, 2.75) is 172 Å². The van der Waals surface area contributed by atoms with Crippen molar-refractivity contribution >= 4 is 17.7 Å². The van der Waals surface area contributed by atoms with Gasteiger partial charge in [0.2, 0.25) is 0 Å². The fraction of sp³-hybridized carbons (Fsp3) is 0.766. The van der Waals surface area contributed by atoms with Crippen LogP contribution in [-0.2, 0) is 25.5 Å². The minimum atomic E-state index is -1.15. The summed E-state index contributed by atoms with van der Waals surface area (Å²) < 4.78 is 6.32. The molecule has 4 saturated carbocycles. The summed E-state index contributed by atoms with van der Waals surface area (Å²) in [5.41, 5.74) is 4.54. The summed E-state index contributed by atoms with van der Waals surface area (Å²) in [4.78, 5) is 39.1. The van der Waals surface area contributed by atoms with Crippen LogP contribution in [0.4, 0.5) is 0 Å². The van der Waals surface area contributed by atoms with E-state index in [1.807, 2.05) is 0 Å². The summed E-state index contributed by atoms with van der Waals surface area (Å²) in [6.45, 7) is 22.3. The Hall–Kier alpha value is -2.43. The van der Waals surface area contributed by atoms with E-state index >= 15 is 0 Å². The Bertz CT molecular complexity index is 1580. The molecule has 0 amide bonds. The van der Waals surface area contributed by atoms with Gasteiger partial charge >= 0.3 is 11.9 Å². The second-order valence-corrected chi connectivity index (χ2v) is 20.3. The highest BCUT2D eigenvalue weighted by atomic mass is 16.5. The SMILES string of the molecule is CCC1(C)C(OC(=O)CC(C)(C)C(=O)O)CCC2(C)C3CCC4C5=C(C(C)C)C(=O)CC5(CCCCc5ccc(C)cc5)CCC4C3(C)CC[C@@]12C. The molecule has 0 bridgehead atoms. The number of aliphatic carboxylic acids is 1. The zero-order chi connectivity index (χ0) is 38.1. The van der Waals surface area contributed by atoms with Crippen LogP contribution in [0.3, 0.4) is 0 Å². The highest BCUT2D eigenvalue weighted by Crippen LogP contribution is 2.77. The van der Waals surface area contributed by atoms with Crippen LogP contribution in [0.15, 0.2) is 35.4 Å². The molecule has 1 aromatic rings. The molecule has 0 saturated heterocycles. The summed E-state index contributed by atoms with van der Waals surface area (Å²) in [7, 11) is 0. The minimum absolute atomic E-state index is 0.0150. The molecule has 6 rings (SSSR count). The number of esters is 1. The van der Waals surface area contributed by atoms with Crippen LogP contribution in [-0.4, -0.2) is 28.9 Å². The lowest BCUT2D eigenvalue weighted by Crippen LogP contribution is -2.68. The van der Waals surface area contributed by atoms with E-state index in [0.29, 0.717) is 23.5 Å². The van der Waals surface area contributed by atoms with Gasteiger partial charge in [-0.3, -0.25) is 14.4 Å². The lowest BCUT2D eigenvalue weighted by Gasteiger charge is -2.73. The van der Waals surface area contributed by atoms with Crippen LogP contribution in [0, 0.1) is 63.1 Å². The second kappa shape index (κ2) is 13.7. The molecular weight excluding hydrogens is 645 g/mol. The van der Waals surface area contributed by atoms with E-state index < -0.39 is 11.4 Å². The summed E-state index contributed by atoms with van der Waals surface area (Å²) in [6, 6.07) is 9.00. The topological polar surface area (TPSA) is 80.7 Å². The maximum Gasteiger partial charge on any atom is 0.309 e. The summed E-state index contributed by atoms with van der Waals surface area (Å²) in [6.07, 6.45) is 14.9. The normalized spacial score (nSPS) is 38.7. The van der Waals surface area contributed by atoms with Crippen molar-refractivity contribution in [3.05, 3.63) is 46.5 Å². The standard InChI is InChI=1S/C47H70O5/c1-11-44(8)37(52-38(49)29-42(5,6)41(50)51)22-24-45(9)36-20-19-33-34(43(36,7)26-27-46(44,45)10)21-25-47(28-35(48)39(30(2)3)40(33)47)23-13-12-14-32-17-15-31(4)16-18-32/h15-18,30,33-34,36-37H,11-14,19-29H2,1-10H3,(H,50,51)/t33?,34?,36?,37?,43?,44?,45?,46-,47?/m0/s1. The van der Waals surface area contributed by atoms with Crippen LogP contribution >= 0.6 is 0 Å². The molecular formula is C47H70O5. The predicted molar refractivity (Wildman–Crippen MR) is 209 cm³/mol. The van der Waals surface area contributed by atoms with Crippen molar-refractivity contribution in [1.29, 1.82) is 0 Å². The van der Waals surface area contributed by atoms with Crippen LogP contribution in [0.5, 0.6) is 0 Å². The van der Waals surface area contributed by atoms with Gasteiger partial charge in [-0.1, -0.05) is 90.3 Å². The Labute approximate surface area is 315 Å². The van der Waals surface area contributed by atoms with Crippen LogP contribution in [0.2, 0.25) is 0 Å². The van der Waals surface area contributed by atoms with Gasteiger partial charge in [-0.15, -0.1) is 0 Å². The molecule has 5 aliphatic rings. The van der Waals surface area contributed by atoms with Gasteiger partial charge in [0.25, 0.3) is 0 Å². The monoisotopic (exact) mass is 715 g/mol. The number of ether oxygens (including phenoxy) is 1. The number of benzene rings is 1. The van der Waals surface area contributed by atoms with Crippen molar-refractivity contribution in [3.8, 4) is 0 Å². The lowest BCUT2D eigenvalue weighted by atomic mass is 9.32. The minimum Gasteiger partial charge on any atom is -0.481 e. The number of aryl methyl sites for hydroxylation is 2. The largest absolute Gasteiger partial charge is 0.481 e. The first-order chi connectivity index (χ1) is 24.3. The first-order valence-corrected chi connectivity index (χ1v) is 21.0. The highest BCUT2D eigenvalue weighted by molar-refractivity contribution is 6.00. The smallest absolute Gasteiger partial charge is 0.309 e. The summed E-state index contributed by atoms with van der Waals surface area (Å²) in [5.74, 6) is 1.06. The number of hydrogen-bond donors (Lipinski definition) is 1. The maximum atomic E-state index is 14.0. The van der Waals surface area contributed by atoms with Crippen molar-refractivity contribution < 1.29 is 24.2 Å². The number of hydrogen-bond acceptors (Lipinski definition) is 4. The molecule has 0 heterocycles. The molecule has 5 nitrogen and oxygen atoms in total. The van der Waals surface area contributed by atoms with Gasteiger partial charge in [0.05, 0.1) is 11.8 Å². The fourth-order valence-electron chi connectivity index (χ4n) is 13.7. The Balaban J connectivity index is 1.25. The van der Waals surface area contributed by atoms with Crippen molar-refractivity contribution in [2.75, 3.05) is 0 Å². The van der Waals surface area contributed by atoms with Crippen molar-refractivity contribution in [3.63, 3.8) is 0 Å². The molecule has 5 aliphatic carbocycles. The van der Waals surface area contributed by atoms with Gasteiger partial charge in [-0.25, -0.2) is 0 Å². The number of allylic oxidation sites excluding steroid dienone is 2. The van der Waals surface area contributed by atoms with E-state index in [1.54, 1.807) is 19.4 Å². The zero-order valence-corrected chi connectivity index (χ0v) is 34.4. The number of carbonyl (C=O) groups is 3. The van der Waals surface area contributed by atoms with E-state index in [-0.39, 0.29) is 51.5 Å². The molecule has 52 heavy (non-hydrogen) atoms. The average molecular weight is 715 g/mol. The summed E-state index contributed by atoms with van der Waals surface area (Å²) in [5, 5.41) is 9.68. The first kappa shape index (κ1) is 39.3. The van der Waals surface area contributed by atoms with Crippen molar-refractivity contribution in [2.24, 2.45) is 56.2 Å². The van der Waals surface area contributed by atoms with E-state index in [9.17, 15) is 19.5 Å². The molecule has 1 aromatic carbocycles. The molecule has 9 atom stereocenters. The van der Waals surface area contributed by atoms with E-state index in [4.69, 9.17) is 4.74 Å². The van der Waals surface area contributed by atoms with Gasteiger partial charge in [0.15, 0.2) is 5.78 Å². The van der Waals surface area contributed by atoms with Crippen LogP contribution in [0.1, 0.15) is 163 Å². The number of fused-ring (bicyclic) bond motifs is 7. The number of unbranched alkanes of at least 4 members (excludes halogenated alkanes) is 1. The molecule has 288 valence electrons. The lowest BCUT2D eigenvalue weighted by molar-refractivity contribution is -0.261. The van der Waals surface area contributed by atoms with Gasteiger partial charge in [0.1, 0.15) is 6.10 Å². The Morgan fingerprint density at radius 1 is 0.942 bits per heavy atom. The molecule has 4 fully saturated rings. The fourth-order valence-corrected chi connectivity index (χ4v) is 13.7. The molecule has 5 heteroatoms. The van der Waals surface area contributed by atoms with Crippen LogP contribution in [0.25, 0.3) is 0 Å². The van der Waals surface area contributed by atoms with E-state index in [0.717, 1.165) is 51.4 Å². The van der Waals surface area contributed by atoms with Gasteiger partial charge in [-0.05, 0) is 154 Å². The Morgan fingerprint density at radius 2 is 1.63 bits per heavy atom. The van der Waals surface area contributed by atoms with Gasteiger partial charge in [-0.2, -0.15) is 0 Å². The zero-order valence-electron chi connectivity index (χ0n) is 34.4. The maximum absolute atomic E-state index is 14.0. The van der Waals surface area contributed by atoms with Gasteiger partial charge < -0.3 is 9.84 Å². The molecule has 0 spiro atoms. The number of carboxylic acid groups (broad SMARTS) is 1. The number of ketones is 1. The molecule has 1 N–H and O–H groups in total. The average Bonchev–Trinajstić information content (AvgIpc) is 3.39. The first-order valence-electron chi connectivity index (χ1n) is 21.0. The van der Waals surface area contributed by atoms with Gasteiger partial charge in [0, 0.05) is 11.8 Å². The summed E-state index contributed by atoms with van der Waals surface area (Å²) >= 11 is 0. The molecule has 0 radical (unpaired) electrons. The number of Topliss-reactive ketones (excluding diaryl/α,β-unsaturated/α-hetero) is 1. The van der Waals surface area contributed by atoms with E-state index in [1.165, 1.54) is 55.2 Å². The van der Waals surface area contributed by atoms with Crippen molar-refractivity contribution in [1.82, 2.24) is 0 Å². The number of carbonyl (C=O) groups excluding carboxylic acids is 2. The predicted octanol–water partition coefficient (Wildman–Crippen LogP) is 11.5. The molecule has 8 unspecified atom stereocenters. The van der Waals surface area contributed by atoms with Crippen LogP contribution < -0.4 is 0 Å². The third kappa shape index (κ3) is 6.05. The Morgan fingerprint density at radius 3 is 2.27 bits per heavy atom. The number of rotatable bonds is 11. The number of carboxylic acids is 1. The quantitative estimate of drug-likeness (QED) is 0.182. The Kier molecular flexibility index (Phi) is 10.3.